The number of ether oxygens (including phenoxy) is 2. The van der Waals surface area contributed by atoms with Crippen LogP contribution in [-0.4, -0.2) is 25.9 Å². The van der Waals surface area contributed by atoms with E-state index in [4.69, 9.17) is 14.6 Å². The van der Waals surface area contributed by atoms with Crippen molar-refractivity contribution in [3.05, 3.63) is 23.3 Å². The normalized spacial score (nSPS) is 10.1. The molecule has 0 amide bonds. The molecule has 4 heteroatoms. The number of benzene rings is 1. The highest BCUT2D eigenvalue weighted by molar-refractivity contribution is 5.47. The van der Waals surface area contributed by atoms with Crippen LogP contribution in [0.4, 0.5) is 4.39 Å². The van der Waals surface area contributed by atoms with Gasteiger partial charge in [0.15, 0.2) is 11.5 Å². The number of methoxy groups -OCH3 is 2. The predicted molar refractivity (Wildman–Crippen MR) is 55.1 cm³/mol. The summed E-state index contributed by atoms with van der Waals surface area (Å²) in [6, 6.07) is 3.30. The maximum absolute atomic E-state index is 12.7. The molecule has 0 saturated heterocycles. The van der Waals surface area contributed by atoms with Gasteiger partial charge in [-0.05, 0) is 29.7 Å². The Labute approximate surface area is 88.4 Å². The van der Waals surface area contributed by atoms with E-state index in [1.54, 1.807) is 12.1 Å². The third-order valence-electron chi connectivity index (χ3n) is 2.23. The molecule has 0 radical (unpaired) electrons. The number of alkyl halides is 1. The highest BCUT2D eigenvalue weighted by Gasteiger charge is 2.10. The Hall–Kier alpha value is -1.29. The molecule has 15 heavy (non-hydrogen) atoms. The van der Waals surface area contributed by atoms with E-state index in [9.17, 15) is 4.39 Å². The van der Waals surface area contributed by atoms with Gasteiger partial charge in [-0.3, -0.25) is 0 Å². The van der Waals surface area contributed by atoms with Crippen LogP contribution < -0.4 is 9.47 Å². The third-order valence-corrected chi connectivity index (χ3v) is 2.23. The second-order valence-corrected chi connectivity index (χ2v) is 3.08. The van der Waals surface area contributed by atoms with E-state index in [1.165, 1.54) is 14.2 Å². The second-order valence-electron chi connectivity index (χ2n) is 3.08. The van der Waals surface area contributed by atoms with Crippen molar-refractivity contribution in [1.82, 2.24) is 0 Å². The minimum Gasteiger partial charge on any atom is -0.493 e. The quantitative estimate of drug-likeness (QED) is 0.811. The van der Waals surface area contributed by atoms with Gasteiger partial charge in [-0.25, -0.2) is 4.39 Å². The largest absolute Gasteiger partial charge is 0.493 e. The number of hydrogen-bond acceptors (Lipinski definition) is 3. The van der Waals surface area contributed by atoms with Crippen LogP contribution in [0.25, 0.3) is 0 Å². The van der Waals surface area contributed by atoms with Crippen LogP contribution in [0.15, 0.2) is 12.1 Å². The van der Waals surface area contributed by atoms with Crippen LogP contribution in [-0.2, 0) is 13.1 Å². The van der Waals surface area contributed by atoms with Gasteiger partial charge in [-0.2, -0.15) is 0 Å². The lowest BCUT2D eigenvalue weighted by Crippen LogP contribution is -1.99. The summed E-state index contributed by atoms with van der Waals surface area (Å²) >= 11 is 0. The highest BCUT2D eigenvalue weighted by atomic mass is 19.1. The van der Waals surface area contributed by atoms with Crippen LogP contribution in [0.1, 0.15) is 11.1 Å². The predicted octanol–water partition coefficient (Wildman–Crippen LogP) is 1.71. The van der Waals surface area contributed by atoms with E-state index in [1.807, 2.05) is 0 Å². The van der Waals surface area contributed by atoms with Crippen molar-refractivity contribution in [2.75, 3.05) is 20.8 Å². The topological polar surface area (TPSA) is 38.7 Å². The lowest BCUT2D eigenvalue weighted by atomic mass is 10.0. The number of halogens is 1. The molecule has 0 heterocycles. The van der Waals surface area contributed by atoms with Crippen LogP contribution in [0.3, 0.4) is 0 Å². The Bertz CT molecular complexity index is 326. The van der Waals surface area contributed by atoms with E-state index in [-0.39, 0.29) is 6.61 Å². The molecular weight excluding hydrogens is 199 g/mol. The first-order valence-electron chi connectivity index (χ1n) is 4.67. The molecule has 0 fully saturated rings. The fourth-order valence-corrected chi connectivity index (χ4v) is 1.44. The van der Waals surface area contributed by atoms with Gasteiger partial charge in [0.05, 0.1) is 14.2 Å². The molecule has 0 saturated carbocycles. The van der Waals surface area contributed by atoms with Crippen molar-refractivity contribution in [3.63, 3.8) is 0 Å². The Balaban J connectivity index is 3.15. The minimum atomic E-state index is -0.574. The zero-order chi connectivity index (χ0) is 11.3. The Kier molecular flexibility index (Phi) is 4.37. The summed E-state index contributed by atoms with van der Waals surface area (Å²) in [7, 11) is 3.03. The summed E-state index contributed by atoms with van der Waals surface area (Å²) in [5, 5.41) is 8.84. The van der Waals surface area contributed by atoms with Gasteiger partial charge < -0.3 is 14.6 Å². The van der Waals surface area contributed by atoms with Gasteiger partial charge in [0, 0.05) is 6.61 Å². The van der Waals surface area contributed by atoms with Gasteiger partial charge in [0.2, 0.25) is 0 Å². The van der Waals surface area contributed by atoms with E-state index >= 15 is 0 Å². The van der Waals surface area contributed by atoms with Crippen LogP contribution in [0.2, 0.25) is 0 Å². The molecule has 1 aromatic carbocycles. The van der Waals surface area contributed by atoms with Crippen LogP contribution >= 0.6 is 0 Å². The first-order valence-corrected chi connectivity index (χ1v) is 4.67. The van der Waals surface area contributed by atoms with Gasteiger partial charge >= 0.3 is 0 Å². The summed E-state index contributed by atoms with van der Waals surface area (Å²) in [6.45, 7) is -0.585. The molecule has 0 unspecified atom stereocenters. The number of aliphatic hydroxyl groups excluding tert-OH is 1. The number of rotatable bonds is 5. The van der Waals surface area contributed by atoms with E-state index < -0.39 is 6.67 Å². The average molecular weight is 214 g/mol. The monoisotopic (exact) mass is 214 g/mol. The summed E-state index contributed by atoms with van der Waals surface area (Å²) in [5.41, 5.74) is 1.28. The molecule has 0 aliphatic rings. The Morgan fingerprint density at radius 3 is 2.07 bits per heavy atom. The smallest absolute Gasteiger partial charge is 0.161 e. The maximum atomic E-state index is 12.7. The zero-order valence-electron chi connectivity index (χ0n) is 8.92. The van der Waals surface area contributed by atoms with E-state index in [0.29, 0.717) is 23.5 Å². The lowest BCUT2D eigenvalue weighted by molar-refractivity contribution is 0.298. The number of hydrogen-bond donors (Lipinski definition) is 1. The van der Waals surface area contributed by atoms with Crippen molar-refractivity contribution in [3.8, 4) is 11.5 Å². The lowest BCUT2D eigenvalue weighted by Gasteiger charge is -2.12. The van der Waals surface area contributed by atoms with Crippen molar-refractivity contribution < 1.29 is 19.0 Å². The molecule has 1 rings (SSSR count). The van der Waals surface area contributed by atoms with E-state index in [0.717, 1.165) is 5.56 Å². The second kappa shape index (κ2) is 5.56. The van der Waals surface area contributed by atoms with Crippen LogP contribution in [0.5, 0.6) is 11.5 Å². The molecule has 0 aromatic heterocycles. The first kappa shape index (κ1) is 11.8. The molecule has 0 atom stereocenters. The summed E-state index contributed by atoms with van der Waals surface area (Å²) in [5.74, 6) is 1.06. The summed E-state index contributed by atoms with van der Waals surface area (Å²) in [4.78, 5) is 0. The molecular formula is C11H15FO3. The molecule has 1 N–H and O–H groups in total. The third kappa shape index (κ3) is 2.59. The fraction of sp³-hybridized carbons (Fsp3) is 0.455. The highest BCUT2D eigenvalue weighted by Crippen LogP contribution is 2.31. The fourth-order valence-electron chi connectivity index (χ4n) is 1.44. The SMILES string of the molecule is COc1cc(CF)c(CCO)cc1OC. The standard InChI is InChI=1S/C11H15FO3/c1-14-10-5-8(3-4-13)9(7-12)6-11(10)15-2/h5-6,13H,3-4,7H2,1-2H3. The molecule has 0 aliphatic carbocycles. The van der Waals surface area contributed by atoms with Gasteiger partial charge in [-0.1, -0.05) is 0 Å². The molecule has 0 bridgehead atoms. The van der Waals surface area contributed by atoms with Gasteiger partial charge in [0.1, 0.15) is 6.67 Å². The Morgan fingerprint density at radius 1 is 1.13 bits per heavy atom. The molecule has 84 valence electrons. The van der Waals surface area contributed by atoms with Crippen molar-refractivity contribution in [2.45, 2.75) is 13.1 Å². The maximum Gasteiger partial charge on any atom is 0.161 e. The minimum absolute atomic E-state index is 0.0114. The molecule has 1 aromatic rings. The molecule has 0 aliphatic heterocycles. The Morgan fingerprint density at radius 2 is 1.67 bits per heavy atom. The summed E-state index contributed by atoms with van der Waals surface area (Å²) in [6.07, 6.45) is 0.416. The van der Waals surface area contributed by atoms with E-state index in [2.05, 4.69) is 0 Å². The molecule has 3 nitrogen and oxygen atoms in total. The molecule has 0 spiro atoms. The average Bonchev–Trinajstić information content (AvgIpc) is 2.28. The first-order chi connectivity index (χ1) is 7.26. The van der Waals surface area contributed by atoms with Crippen molar-refractivity contribution >= 4 is 0 Å². The summed E-state index contributed by atoms with van der Waals surface area (Å²) < 4.78 is 22.8. The zero-order valence-corrected chi connectivity index (χ0v) is 8.92. The van der Waals surface area contributed by atoms with Crippen molar-refractivity contribution in [1.29, 1.82) is 0 Å². The van der Waals surface area contributed by atoms with Crippen molar-refractivity contribution in [2.24, 2.45) is 0 Å². The van der Waals surface area contributed by atoms with Crippen LogP contribution in [0, 0.1) is 0 Å². The van der Waals surface area contributed by atoms with Gasteiger partial charge in [0.25, 0.3) is 0 Å². The van der Waals surface area contributed by atoms with Gasteiger partial charge in [-0.15, -0.1) is 0 Å². The number of aliphatic hydroxyl groups is 1.